The molecule has 0 atom stereocenters. The molecule has 2 aromatic carbocycles. The van der Waals surface area contributed by atoms with Crippen molar-refractivity contribution < 1.29 is 28.6 Å². The molecule has 168 valence electrons. The molecule has 32 heavy (non-hydrogen) atoms. The second kappa shape index (κ2) is 10.6. The van der Waals surface area contributed by atoms with Gasteiger partial charge >= 0.3 is 5.97 Å². The van der Waals surface area contributed by atoms with Crippen molar-refractivity contribution in [1.29, 1.82) is 0 Å². The highest BCUT2D eigenvalue weighted by molar-refractivity contribution is 9.10. The van der Waals surface area contributed by atoms with E-state index in [0.717, 1.165) is 16.7 Å². The molecule has 0 N–H and O–H groups in total. The Morgan fingerprint density at radius 3 is 2.53 bits per heavy atom. The fourth-order valence-electron chi connectivity index (χ4n) is 2.73. The molecule has 2 aromatic rings. The molecule has 0 spiro atoms. The van der Waals surface area contributed by atoms with Crippen molar-refractivity contribution >= 4 is 74.1 Å². The number of esters is 1. The molecule has 1 heterocycles. The molecule has 0 radical (unpaired) electrons. The predicted molar refractivity (Wildman–Crippen MR) is 126 cm³/mol. The Bertz CT molecular complexity index is 1120. The Labute approximate surface area is 206 Å². The van der Waals surface area contributed by atoms with Crippen LogP contribution in [0.3, 0.4) is 0 Å². The number of benzene rings is 2. The normalized spacial score (nSPS) is 14.8. The van der Waals surface area contributed by atoms with Gasteiger partial charge in [-0.05, 0) is 53.2 Å². The lowest BCUT2D eigenvalue weighted by molar-refractivity contribution is -0.142. The van der Waals surface area contributed by atoms with Gasteiger partial charge in [-0.1, -0.05) is 45.2 Å². The largest absolute Gasteiger partial charge is 0.493 e. The van der Waals surface area contributed by atoms with Gasteiger partial charge in [0.15, 0.2) is 18.1 Å². The summed E-state index contributed by atoms with van der Waals surface area (Å²) in [5.41, 5.74) is 1.27. The summed E-state index contributed by atoms with van der Waals surface area (Å²) in [6, 6.07) is 8.17. The molecular formula is C21H16BrCl2NO6S. The van der Waals surface area contributed by atoms with Crippen LogP contribution in [0, 0.1) is 0 Å². The zero-order chi connectivity index (χ0) is 23.4. The maximum Gasteiger partial charge on any atom is 0.343 e. The minimum absolute atomic E-state index is 0.0731. The number of rotatable bonds is 7. The van der Waals surface area contributed by atoms with Crippen molar-refractivity contribution in [3.63, 3.8) is 0 Å². The van der Waals surface area contributed by atoms with Gasteiger partial charge in [-0.3, -0.25) is 14.5 Å². The van der Waals surface area contributed by atoms with E-state index in [1.807, 2.05) is 0 Å². The lowest BCUT2D eigenvalue weighted by Crippen LogP contribution is -2.27. The highest BCUT2D eigenvalue weighted by atomic mass is 79.9. The predicted octanol–water partition coefficient (Wildman–Crippen LogP) is 5.55. The van der Waals surface area contributed by atoms with Gasteiger partial charge in [0.05, 0.1) is 35.7 Å². The quantitative estimate of drug-likeness (QED) is 0.324. The van der Waals surface area contributed by atoms with Crippen molar-refractivity contribution in [2.75, 3.05) is 20.8 Å². The van der Waals surface area contributed by atoms with Crippen LogP contribution in [0.4, 0.5) is 4.79 Å². The van der Waals surface area contributed by atoms with Crippen LogP contribution in [-0.4, -0.2) is 42.8 Å². The molecule has 0 bridgehead atoms. The first kappa shape index (κ1) is 24.4. The van der Waals surface area contributed by atoms with Crippen LogP contribution in [0.2, 0.25) is 10.0 Å². The summed E-state index contributed by atoms with van der Waals surface area (Å²) in [5.74, 6) is -0.307. The van der Waals surface area contributed by atoms with Gasteiger partial charge in [0, 0.05) is 4.47 Å². The van der Waals surface area contributed by atoms with Gasteiger partial charge in [0.25, 0.3) is 11.1 Å². The first-order valence-corrected chi connectivity index (χ1v) is 11.4. The van der Waals surface area contributed by atoms with Crippen molar-refractivity contribution in [2.45, 2.75) is 6.54 Å². The second-order valence-electron chi connectivity index (χ2n) is 6.41. The van der Waals surface area contributed by atoms with Crippen LogP contribution in [0.25, 0.3) is 6.08 Å². The smallest absolute Gasteiger partial charge is 0.343 e. The first-order valence-electron chi connectivity index (χ1n) is 9.00. The molecule has 0 unspecified atom stereocenters. The average molecular weight is 561 g/mol. The molecule has 2 amide bonds. The minimum atomic E-state index is -0.539. The number of halogens is 3. The highest BCUT2D eigenvalue weighted by Gasteiger charge is 2.35. The Morgan fingerprint density at radius 2 is 1.88 bits per heavy atom. The highest BCUT2D eigenvalue weighted by Crippen LogP contribution is 2.38. The van der Waals surface area contributed by atoms with Crippen molar-refractivity contribution in [2.24, 2.45) is 0 Å². The number of carbonyl (C=O) groups is 3. The third-order valence-corrected chi connectivity index (χ3v) is 6.67. The summed E-state index contributed by atoms with van der Waals surface area (Å²) < 4.78 is 15.9. The van der Waals surface area contributed by atoms with E-state index in [9.17, 15) is 14.4 Å². The molecule has 7 nitrogen and oxygen atoms in total. The summed E-state index contributed by atoms with van der Waals surface area (Å²) >= 11 is 16.2. The van der Waals surface area contributed by atoms with Gasteiger partial charge in [-0.2, -0.15) is 0 Å². The van der Waals surface area contributed by atoms with Crippen LogP contribution in [0.1, 0.15) is 11.1 Å². The summed E-state index contributed by atoms with van der Waals surface area (Å²) in [4.78, 5) is 38.0. The number of ether oxygens (including phenoxy) is 3. The summed E-state index contributed by atoms with van der Waals surface area (Å²) in [6.07, 6.45) is 1.58. The summed E-state index contributed by atoms with van der Waals surface area (Å²) in [7, 11) is 2.71. The number of imide groups is 1. The van der Waals surface area contributed by atoms with Gasteiger partial charge in [-0.25, -0.2) is 4.79 Å². The number of hydrogen-bond acceptors (Lipinski definition) is 7. The molecular weight excluding hydrogens is 545 g/mol. The standard InChI is InChI=1S/C21H16BrCl2NO6S/c1-29-16-6-12(13(22)8-17(16)31-10-19(26)30-2)7-18-20(27)25(21(28)32-18)9-11-3-4-14(23)15(24)5-11/h3-8H,9-10H2,1-2H3/b18-7-. The van der Waals surface area contributed by atoms with Crippen molar-refractivity contribution in [1.82, 2.24) is 4.90 Å². The Morgan fingerprint density at radius 1 is 1.12 bits per heavy atom. The van der Waals surface area contributed by atoms with E-state index in [2.05, 4.69) is 20.7 Å². The molecule has 0 aliphatic carbocycles. The topological polar surface area (TPSA) is 82.1 Å². The summed E-state index contributed by atoms with van der Waals surface area (Å²) in [5, 5.41) is 0.341. The fourth-order valence-corrected chi connectivity index (χ4v) is 4.31. The van der Waals surface area contributed by atoms with E-state index < -0.39 is 17.1 Å². The lowest BCUT2D eigenvalue weighted by atomic mass is 10.1. The van der Waals surface area contributed by atoms with E-state index in [4.69, 9.17) is 32.7 Å². The third-order valence-electron chi connectivity index (χ3n) is 4.34. The number of amides is 2. The van der Waals surface area contributed by atoms with Crippen LogP contribution in [-0.2, 0) is 20.9 Å². The zero-order valence-electron chi connectivity index (χ0n) is 16.8. The van der Waals surface area contributed by atoms with Gasteiger partial charge in [0.2, 0.25) is 0 Å². The van der Waals surface area contributed by atoms with E-state index in [1.165, 1.54) is 14.2 Å². The molecule has 0 saturated carbocycles. The number of methoxy groups -OCH3 is 2. The van der Waals surface area contributed by atoms with Crippen LogP contribution >= 0.6 is 50.9 Å². The Balaban J connectivity index is 1.83. The van der Waals surface area contributed by atoms with E-state index in [0.29, 0.717) is 37.1 Å². The molecule has 1 aliphatic heterocycles. The van der Waals surface area contributed by atoms with Gasteiger partial charge in [-0.15, -0.1) is 0 Å². The maximum atomic E-state index is 12.9. The van der Waals surface area contributed by atoms with Crippen LogP contribution in [0.15, 0.2) is 39.7 Å². The number of thioether (sulfide) groups is 1. The minimum Gasteiger partial charge on any atom is -0.493 e. The molecule has 1 saturated heterocycles. The van der Waals surface area contributed by atoms with E-state index in [-0.39, 0.29) is 18.1 Å². The number of nitrogens with zero attached hydrogens (tertiary/aromatic N) is 1. The second-order valence-corrected chi connectivity index (χ2v) is 9.07. The molecule has 3 rings (SSSR count). The average Bonchev–Trinajstić information content (AvgIpc) is 3.03. The fraction of sp³-hybridized carbons (Fsp3) is 0.190. The summed E-state index contributed by atoms with van der Waals surface area (Å²) in [6.45, 7) is -0.212. The SMILES string of the molecule is COC(=O)COc1cc(Br)c(/C=C2\SC(=O)N(Cc3ccc(Cl)c(Cl)c3)C2=O)cc1OC. The van der Waals surface area contributed by atoms with Gasteiger partial charge < -0.3 is 14.2 Å². The molecule has 0 aromatic heterocycles. The molecule has 1 aliphatic rings. The van der Waals surface area contributed by atoms with Crippen LogP contribution in [0.5, 0.6) is 11.5 Å². The number of hydrogen-bond donors (Lipinski definition) is 0. The number of carbonyl (C=O) groups excluding carboxylic acids is 3. The lowest BCUT2D eigenvalue weighted by Gasteiger charge is -2.13. The zero-order valence-corrected chi connectivity index (χ0v) is 20.7. The van der Waals surface area contributed by atoms with E-state index in [1.54, 1.807) is 36.4 Å². The Kier molecular flexibility index (Phi) is 8.10. The Hall–Kier alpha value is -2.20. The molecule has 1 fully saturated rings. The van der Waals surface area contributed by atoms with E-state index >= 15 is 0 Å². The third kappa shape index (κ3) is 5.58. The molecule has 11 heteroatoms. The van der Waals surface area contributed by atoms with Crippen LogP contribution < -0.4 is 9.47 Å². The van der Waals surface area contributed by atoms with Gasteiger partial charge in [0.1, 0.15) is 0 Å². The van der Waals surface area contributed by atoms with Crippen molar-refractivity contribution in [3.05, 3.63) is 60.9 Å². The first-order chi connectivity index (χ1) is 15.2. The maximum absolute atomic E-state index is 12.9. The monoisotopic (exact) mass is 559 g/mol. The van der Waals surface area contributed by atoms with Crippen molar-refractivity contribution in [3.8, 4) is 11.5 Å².